The predicted molar refractivity (Wildman–Crippen MR) is 68.0 cm³/mol. The molecular weight excluding hydrogens is 235 g/mol. The number of amides is 1. The van der Waals surface area contributed by atoms with Gasteiger partial charge in [0.2, 0.25) is 0 Å². The number of hydrogen-bond acceptors (Lipinski definition) is 3. The summed E-state index contributed by atoms with van der Waals surface area (Å²) >= 11 is 0. The fourth-order valence-corrected chi connectivity index (χ4v) is 1.53. The van der Waals surface area contributed by atoms with Gasteiger partial charge in [-0.1, -0.05) is 0 Å². The molecule has 1 aromatic rings. The molecule has 0 fully saturated rings. The van der Waals surface area contributed by atoms with Crippen molar-refractivity contribution < 1.29 is 13.9 Å². The van der Waals surface area contributed by atoms with Gasteiger partial charge in [0.05, 0.1) is 6.61 Å². The number of ether oxygens (including phenoxy) is 1. The van der Waals surface area contributed by atoms with Crippen LogP contribution < -0.4 is 11.1 Å². The highest BCUT2D eigenvalue weighted by Crippen LogP contribution is 2.08. The number of halogens is 1. The lowest BCUT2D eigenvalue weighted by Gasteiger charge is -2.06. The van der Waals surface area contributed by atoms with Gasteiger partial charge < -0.3 is 15.8 Å². The second-order valence-corrected chi connectivity index (χ2v) is 4.03. The third-order valence-corrected chi connectivity index (χ3v) is 2.32. The number of nitrogens with one attached hydrogen (secondary N) is 1. The van der Waals surface area contributed by atoms with E-state index in [2.05, 4.69) is 5.32 Å². The van der Waals surface area contributed by atoms with E-state index >= 15 is 0 Å². The number of aryl methyl sites for hydroxylation is 1. The minimum atomic E-state index is -0.397. The van der Waals surface area contributed by atoms with Gasteiger partial charge in [0.15, 0.2) is 0 Å². The second kappa shape index (κ2) is 7.79. The van der Waals surface area contributed by atoms with Gasteiger partial charge in [-0.05, 0) is 37.1 Å². The first-order valence-corrected chi connectivity index (χ1v) is 5.96. The highest BCUT2D eigenvalue weighted by Gasteiger charge is 2.06. The van der Waals surface area contributed by atoms with Crippen LogP contribution in [-0.4, -0.2) is 32.2 Å². The first kappa shape index (κ1) is 14.6. The molecule has 0 bridgehead atoms. The van der Waals surface area contributed by atoms with E-state index in [1.54, 1.807) is 13.0 Å². The third-order valence-electron chi connectivity index (χ3n) is 2.32. The zero-order chi connectivity index (χ0) is 13.4. The quantitative estimate of drug-likeness (QED) is 0.719. The van der Waals surface area contributed by atoms with Crippen LogP contribution in [0.5, 0.6) is 0 Å². The topological polar surface area (TPSA) is 64.3 Å². The van der Waals surface area contributed by atoms with Crippen molar-refractivity contribution in [3.8, 4) is 0 Å². The molecule has 4 nitrogen and oxygen atoms in total. The Morgan fingerprint density at radius 3 is 2.83 bits per heavy atom. The molecule has 0 aromatic heterocycles. The fraction of sp³-hybridized carbons (Fsp3) is 0.462. The Morgan fingerprint density at radius 2 is 2.17 bits per heavy atom. The Labute approximate surface area is 106 Å². The molecule has 0 heterocycles. The minimum Gasteiger partial charge on any atom is -0.380 e. The molecule has 5 heteroatoms. The Hall–Kier alpha value is -1.46. The number of nitrogens with two attached hydrogens (primary N) is 1. The number of hydrogen-bond donors (Lipinski definition) is 2. The summed E-state index contributed by atoms with van der Waals surface area (Å²) in [6.07, 6.45) is 0.708. The van der Waals surface area contributed by atoms with Crippen LogP contribution in [0.15, 0.2) is 18.2 Å². The molecule has 0 atom stereocenters. The standard InChI is InChI=1S/C13H19FN2O2/c1-10-7-11(9-12(14)8-10)13(17)16-4-2-5-18-6-3-15/h7-9H,2-6,15H2,1H3,(H,16,17). The van der Waals surface area contributed by atoms with Gasteiger partial charge in [0.1, 0.15) is 5.82 Å². The summed E-state index contributed by atoms with van der Waals surface area (Å²) in [5.41, 5.74) is 6.34. The zero-order valence-electron chi connectivity index (χ0n) is 10.5. The first-order chi connectivity index (χ1) is 8.63. The van der Waals surface area contributed by atoms with E-state index < -0.39 is 5.82 Å². The first-order valence-electron chi connectivity index (χ1n) is 5.96. The van der Waals surface area contributed by atoms with Crippen LogP contribution in [0, 0.1) is 12.7 Å². The van der Waals surface area contributed by atoms with Crippen LogP contribution in [0.1, 0.15) is 22.3 Å². The molecule has 3 N–H and O–H groups in total. The maximum Gasteiger partial charge on any atom is 0.251 e. The van der Waals surface area contributed by atoms with Gasteiger partial charge >= 0.3 is 0 Å². The van der Waals surface area contributed by atoms with Gasteiger partial charge in [-0.15, -0.1) is 0 Å². The number of rotatable bonds is 7. The molecular formula is C13H19FN2O2. The largest absolute Gasteiger partial charge is 0.380 e. The van der Waals surface area contributed by atoms with E-state index in [-0.39, 0.29) is 5.91 Å². The molecule has 0 radical (unpaired) electrons. The fourth-order valence-electron chi connectivity index (χ4n) is 1.53. The highest BCUT2D eigenvalue weighted by molar-refractivity contribution is 5.94. The molecule has 0 saturated heterocycles. The van der Waals surface area contributed by atoms with Crippen molar-refractivity contribution >= 4 is 5.91 Å². The molecule has 0 unspecified atom stereocenters. The van der Waals surface area contributed by atoms with E-state index in [4.69, 9.17) is 10.5 Å². The predicted octanol–water partition coefficient (Wildman–Crippen LogP) is 1.23. The maximum absolute atomic E-state index is 13.1. The van der Waals surface area contributed by atoms with E-state index in [9.17, 15) is 9.18 Å². The molecule has 0 aliphatic heterocycles. The molecule has 100 valence electrons. The van der Waals surface area contributed by atoms with Gasteiger partial charge in [0.25, 0.3) is 5.91 Å². The van der Waals surface area contributed by atoms with Crippen molar-refractivity contribution in [1.29, 1.82) is 0 Å². The van der Waals surface area contributed by atoms with Crippen LogP contribution in [0.4, 0.5) is 4.39 Å². The smallest absolute Gasteiger partial charge is 0.251 e. The summed E-state index contributed by atoms with van der Waals surface area (Å²) in [5.74, 6) is -0.664. The summed E-state index contributed by atoms with van der Waals surface area (Å²) in [6.45, 7) is 3.82. The molecule has 1 rings (SSSR count). The molecule has 0 saturated carbocycles. The van der Waals surface area contributed by atoms with Crippen molar-refractivity contribution in [3.05, 3.63) is 35.1 Å². The molecule has 1 aromatic carbocycles. The molecule has 0 spiro atoms. The minimum absolute atomic E-state index is 0.267. The highest BCUT2D eigenvalue weighted by atomic mass is 19.1. The number of benzene rings is 1. The Bertz CT molecular complexity index is 376. The van der Waals surface area contributed by atoms with Crippen LogP contribution >= 0.6 is 0 Å². The average molecular weight is 254 g/mol. The van der Waals surface area contributed by atoms with Crippen molar-refractivity contribution in [2.45, 2.75) is 13.3 Å². The monoisotopic (exact) mass is 254 g/mol. The number of carbonyl (C=O) groups is 1. The van der Waals surface area contributed by atoms with E-state index in [0.717, 1.165) is 5.56 Å². The van der Waals surface area contributed by atoms with Crippen LogP contribution in [-0.2, 0) is 4.74 Å². The Kier molecular flexibility index (Phi) is 6.32. The summed E-state index contributed by atoms with van der Waals surface area (Å²) in [5, 5.41) is 2.71. The number of carbonyl (C=O) groups excluding carboxylic acids is 1. The van der Waals surface area contributed by atoms with E-state index in [1.807, 2.05) is 0 Å². The van der Waals surface area contributed by atoms with Crippen LogP contribution in [0.3, 0.4) is 0 Å². The van der Waals surface area contributed by atoms with E-state index in [0.29, 0.717) is 38.3 Å². The molecule has 0 aliphatic rings. The lowest BCUT2D eigenvalue weighted by Crippen LogP contribution is -2.25. The summed E-state index contributed by atoms with van der Waals surface area (Å²) in [6, 6.07) is 4.27. The summed E-state index contributed by atoms with van der Waals surface area (Å²) in [4.78, 5) is 11.7. The zero-order valence-corrected chi connectivity index (χ0v) is 10.5. The maximum atomic E-state index is 13.1. The van der Waals surface area contributed by atoms with Crippen molar-refractivity contribution in [2.75, 3.05) is 26.3 Å². The summed E-state index contributed by atoms with van der Waals surface area (Å²) < 4.78 is 18.3. The normalized spacial score (nSPS) is 10.4. The van der Waals surface area contributed by atoms with Gasteiger partial charge in [0, 0.05) is 25.3 Å². The van der Waals surface area contributed by atoms with Crippen molar-refractivity contribution in [2.24, 2.45) is 5.73 Å². The van der Waals surface area contributed by atoms with E-state index in [1.165, 1.54) is 12.1 Å². The van der Waals surface area contributed by atoms with Crippen LogP contribution in [0.25, 0.3) is 0 Å². The van der Waals surface area contributed by atoms with Crippen LogP contribution in [0.2, 0.25) is 0 Å². The van der Waals surface area contributed by atoms with Crippen molar-refractivity contribution in [1.82, 2.24) is 5.32 Å². The molecule has 18 heavy (non-hydrogen) atoms. The lowest BCUT2D eigenvalue weighted by atomic mass is 10.1. The van der Waals surface area contributed by atoms with Gasteiger partial charge in [-0.2, -0.15) is 0 Å². The third kappa shape index (κ3) is 5.25. The second-order valence-electron chi connectivity index (χ2n) is 4.03. The Morgan fingerprint density at radius 1 is 1.39 bits per heavy atom. The summed E-state index contributed by atoms with van der Waals surface area (Å²) in [7, 11) is 0. The molecule has 1 amide bonds. The van der Waals surface area contributed by atoms with Gasteiger partial charge in [-0.3, -0.25) is 4.79 Å². The Balaban J connectivity index is 2.32. The SMILES string of the molecule is Cc1cc(F)cc(C(=O)NCCCOCCN)c1. The lowest BCUT2D eigenvalue weighted by molar-refractivity contribution is 0.0942. The average Bonchev–Trinajstić information content (AvgIpc) is 2.32. The molecule has 0 aliphatic carbocycles. The van der Waals surface area contributed by atoms with Crippen molar-refractivity contribution in [3.63, 3.8) is 0 Å². The van der Waals surface area contributed by atoms with Gasteiger partial charge in [-0.25, -0.2) is 4.39 Å².